The third-order valence-electron chi connectivity index (χ3n) is 3.12. The number of rotatable bonds is 2. The fourth-order valence-electron chi connectivity index (χ4n) is 1.79. The van der Waals surface area contributed by atoms with Gasteiger partial charge in [0.1, 0.15) is 11.1 Å². The summed E-state index contributed by atoms with van der Waals surface area (Å²) in [6.07, 6.45) is -3.40. The summed E-state index contributed by atoms with van der Waals surface area (Å²) in [5.41, 5.74) is 5.51. The number of nitrogens with two attached hydrogens (primary N) is 1. The molecule has 0 spiro atoms. The Hall–Kier alpha value is -1.73. The number of hydrogen-bond acceptors (Lipinski definition) is 5. The van der Waals surface area contributed by atoms with Gasteiger partial charge in [-0.3, -0.25) is 4.68 Å². The van der Waals surface area contributed by atoms with E-state index in [1.165, 1.54) is 17.1 Å². The Kier molecular flexibility index (Phi) is 6.30. The quantitative estimate of drug-likeness (QED) is 0.708. The maximum Gasteiger partial charge on any atom is 0.490 e. The summed E-state index contributed by atoms with van der Waals surface area (Å²) >= 11 is 0. The highest BCUT2D eigenvalue weighted by Gasteiger charge is 2.38. The van der Waals surface area contributed by atoms with Gasteiger partial charge in [0.05, 0.1) is 6.20 Å². The number of halogens is 4. The number of nitrogens with zero attached hydrogens (tertiary/aromatic N) is 3. The molecule has 1 aliphatic rings. The maximum absolute atomic E-state index is 13.4. The molecule has 1 saturated heterocycles. The zero-order chi connectivity index (χ0) is 18.7. The van der Waals surface area contributed by atoms with E-state index >= 15 is 0 Å². The fourth-order valence-corrected chi connectivity index (χ4v) is 3.24. The highest BCUT2D eigenvalue weighted by molar-refractivity contribution is 7.89. The van der Waals surface area contributed by atoms with Crippen molar-refractivity contribution >= 4 is 16.0 Å². The molecule has 0 aromatic carbocycles. The number of sulfonamides is 1. The largest absolute Gasteiger partial charge is 0.490 e. The zero-order valence-electron chi connectivity index (χ0n) is 12.4. The molecule has 3 N–H and O–H groups in total. The molecular weight excluding hydrogens is 360 g/mol. The van der Waals surface area contributed by atoms with Crippen LogP contribution in [0.3, 0.4) is 0 Å². The van der Waals surface area contributed by atoms with E-state index in [2.05, 4.69) is 5.10 Å². The molecule has 0 saturated carbocycles. The Morgan fingerprint density at radius 2 is 2.00 bits per heavy atom. The van der Waals surface area contributed by atoms with Crippen molar-refractivity contribution in [1.29, 1.82) is 0 Å². The first-order valence-corrected chi connectivity index (χ1v) is 7.98. The van der Waals surface area contributed by atoms with E-state index < -0.39 is 34.4 Å². The molecule has 8 nitrogen and oxygen atoms in total. The van der Waals surface area contributed by atoms with Crippen LogP contribution >= 0.6 is 0 Å². The van der Waals surface area contributed by atoms with E-state index in [1.54, 1.807) is 7.05 Å². The minimum Gasteiger partial charge on any atom is -0.475 e. The molecule has 2 atom stereocenters. The molecule has 0 aliphatic carbocycles. The fraction of sp³-hybridized carbons (Fsp3) is 0.636. The van der Waals surface area contributed by atoms with Crippen molar-refractivity contribution in [3.8, 4) is 0 Å². The standard InChI is InChI=1S/C9H15FN4O2S.C2HF3O2/c1-13-5-7(4-12-13)17(15,16)14-3-2-9(11)8(10)6-14;3-2(4,5)1(6)7/h4-5,8-9H,2-3,6,11H2,1H3;(H,6,7)/t8-,9+;/m1./s1. The minimum absolute atomic E-state index is 0.0858. The third kappa shape index (κ3) is 5.14. The highest BCUT2D eigenvalue weighted by Crippen LogP contribution is 2.21. The average molecular weight is 376 g/mol. The summed E-state index contributed by atoms with van der Waals surface area (Å²) in [4.78, 5) is 8.98. The predicted octanol–water partition coefficient (Wildman–Crippen LogP) is 0.113. The molecule has 13 heteroatoms. The second-order valence-electron chi connectivity index (χ2n) is 4.98. The molecule has 0 amide bonds. The number of alkyl halides is 4. The van der Waals surface area contributed by atoms with Gasteiger partial charge in [0.25, 0.3) is 0 Å². The van der Waals surface area contributed by atoms with Gasteiger partial charge >= 0.3 is 12.1 Å². The van der Waals surface area contributed by atoms with Crippen LogP contribution in [0, 0.1) is 0 Å². The van der Waals surface area contributed by atoms with Crippen LogP contribution in [0.5, 0.6) is 0 Å². The molecule has 0 radical (unpaired) electrons. The van der Waals surface area contributed by atoms with Gasteiger partial charge in [-0.2, -0.15) is 22.6 Å². The molecule has 2 heterocycles. The van der Waals surface area contributed by atoms with Gasteiger partial charge < -0.3 is 10.8 Å². The first-order valence-electron chi connectivity index (χ1n) is 6.54. The number of hydrogen-bond donors (Lipinski definition) is 2. The van der Waals surface area contributed by atoms with E-state index in [4.69, 9.17) is 15.6 Å². The predicted molar refractivity (Wildman–Crippen MR) is 73.1 cm³/mol. The molecule has 0 unspecified atom stereocenters. The minimum atomic E-state index is -5.08. The molecule has 1 fully saturated rings. The molecule has 1 aromatic rings. The molecule has 1 aliphatic heterocycles. The summed E-state index contributed by atoms with van der Waals surface area (Å²) in [5, 5.41) is 10.9. The van der Waals surface area contributed by atoms with Gasteiger partial charge in [-0.15, -0.1) is 0 Å². The summed E-state index contributed by atoms with van der Waals surface area (Å²) in [6.45, 7) is 0.0667. The van der Waals surface area contributed by atoms with Crippen LogP contribution in [0.4, 0.5) is 17.6 Å². The van der Waals surface area contributed by atoms with Crippen molar-refractivity contribution in [2.45, 2.75) is 29.7 Å². The Morgan fingerprint density at radius 3 is 2.38 bits per heavy atom. The Bertz CT molecular complexity index is 676. The first-order chi connectivity index (χ1) is 10.9. The van der Waals surface area contributed by atoms with Gasteiger partial charge in [0.2, 0.25) is 10.0 Å². The summed E-state index contributed by atoms with van der Waals surface area (Å²) in [7, 11) is -2.02. The van der Waals surface area contributed by atoms with Gasteiger partial charge in [-0.05, 0) is 6.42 Å². The van der Waals surface area contributed by atoms with Crippen molar-refractivity contribution in [2.24, 2.45) is 12.8 Å². The number of aliphatic carboxylic acids is 1. The summed E-state index contributed by atoms with van der Waals surface area (Å²) < 4.78 is 71.9. The number of piperidine rings is 1. The molecular formula is C11H16F4N4O4S. The highest BCUT2D eigenvalue weighted by atomic mass is 32.2. The van der Waals surface area contributed by atoms with E-state index in [1.807, 2.05) is 0 Å². The van der Waals surface area contributed by atoms with Crippen molar-refractivity contribution < 1.29 is 35.9 Å². The van der Waals surface area contributed by atoms with Crippen LogP contribution in [0.1, 0.15) is 6.42 Å². The van der Waals surface area contributed by atoms with E-state index in [9.17, 15) is 26.0 Å². The molecule has 1 aromatic heterocycles. The maximum atomic E-state index is 13.4. The number of carboxylic acids is 1. The third-order valence-corrected chi connectivity index (χ3v) is 4.93. The van der Waals surface area contributed by atoms with Crippen LogP contribution in [0.2, 0.25) is 0 Å². The second kappa shape index (κ2) is 7.44. The van der Waals surface area contributed by atoms with Crippen LogP contribution in [-0.4, -0.2) is 65.1 Å². The Labute approximate surface area is 134 Å². The van der Waals surface area contributed by atoms with E-state index in [-0.39, 0.29) is 18.0 Å². The van der Waals surface area contributed by atoms with E-state index in [0.717, 1.165) is 4.31 Å². The lowest BCUT2D eigenvalue weighted by molar-refractivity contribution is -0.192. The van der Waals surface area contributed by atoms with Crippen LogP contribution in [0.15, 0.2) is 17.3 Å². The van der Waals surface area contributed by atoms with E-state index in [0.29, 0.717) is 6.42 Å². The zero-order valence-corrected chi connectivity index (χ0v) is 13.3. The summed E-state index contributed by atoms with van der Waals surface area (Å²) in [5.74, 6) is -2.76. The van der Waals surface area contributed by atoms with Crippen molar-refractivity contribution in [3.63, 3.8) is 0 Å². The lowest BCUT2D eigenvalue weighted by Gasteiger charge is -2.31. The molecule has 24 heavy (non-hydrogen) atoms. The van der Waals surface area contributed by atoms with Crippen molar-refractivity contribution in [2.75, 3.05) is 13.1 Å². The number of aromatic nitrogens is 2. The Balaban J connectivity index is 0.000000351. The monoisotopic (exact) mass is 376 g/mol. The number of aryl methyl sites for hydroxylation is 1. The summed E-state index contributed by atoms with van der Waals surface area (Å²) in [6, 6.07) is -0.574. The average Bonchev–Trinajstić information content (AvgIpc) is 2.88. The van der Waals surface area contributed by atoms with Gasteiger partial charge in [-0.25, -0.2) is 17.6 Å². The number of carbonyl (C=O) groups is 1. The lowest BCUT2D eigenvalue weighted by Crippen LogP contribution is -2.50. The molecule has 2 rings (SSSR count). The Morgan fingerprint density at radius 1 is 1.46 bits per heavy atom. The van der Waals surface area contributed by atoms with Crippen molar-refractivity contribution in [1.82, 2.24) is 14.1 Å². The first kappa shape index (κ1) is 20.3. The molecule has 0 bridgehead atoms. The lowest BCUT2D eigenvalue weighted by atomic mass is 10.1. The van der Waals surface area contributed by atoms with Gasteiger partial charge in [-0.1, -0.05) is 0 Å². The second-order valence-corrected chi connectivity index (χ2v) is 6.92. The van der Waals surface area contributed by atoms with Crippen LogP contribution < -0.4 is 5.73 Å². The van der Waals surface area contributed by atoms with Crippen molar-refractivity contribution in [3.05, 3.63) is 12.4 Å². The SMILES string of the molecule is Cn1cc(S(=O)(=O)N2CC[C@H](N)[C@H](F)C2)cn1.O=C(O)C(F)(F)F. The van der Waals surface area contributed by atoms with Gasteiger partial charge in [0, 0.05) is 32.4 Å². The van der Waals surface area contributed by atoms with Gasteiger partial charge in [0.15, 0.2) is 0 Å². The topological polar surface area (TPSA) is 119 Å². The van der Waals surface area contributed by atoms with Crippen LogP contribution in [-0.2, 0) is 21.9 Å². The smallest absolute Gasteiger partial charge is 0.475 e. The normalized spacial score (nSPS) is 22.6. The molecule has 138 valence electrons. The van der Waals surface area contributed by atoms with Crippen LogP contribution in [0.25, 0.3) is 0 Å². The number of carboxylic acid groups (broad SMARTS) is 1.